The number of nitrogens with one attached hydrogen (secondary N) is 1. The molecule has 1 N–H and O–H groups in total. The lowest BCUT2D eigenvalue weighted by Crippen LogP contribution is -2.30. The monoisotopic (exact) mass is 241 g/mol. The van der Waals surface area contributed by atoms with E-state index >= 15 is 0 Å². The minimum Gasteiger partial charge on any atom is -0.313 e. The van der Waals surface area contributed by atoms with E-state index in [-0.39, 0.29) is 17.2 Å². The van der Waals surface area contributed by atoms with Crippen molar-refractivity contribution in [3.63, 3.8) is 0 Å². The molecule has 0 radical (unpaired) electrons. The molecule has 1 amide bonds. The zero-order chi connectivity index (χ0) is 12.5. The van der Waals surface area contributed by atoms with E-state index in [0.717, 1.165) is 17.7 Å². The van der Waals surface area contributed by atoms with Crippen molar-refractivity contribution in [1.82, 2.24) is 9.97 Å². The number of carbonyl (C=O) groups excluding carboxylic acids is 1. The van der Waals surface area contributed by atoms with Crippen LogP contribution in [0.4, 0.5) is 5.69 Å². The van der Waals surface area contributed by atoms with Crippen LogP contribution in [0.15, 0.2) is 41.5 Å². The number of aromatic amines is 1. The zero-order valence-electron chi connectivity index (χ0n) is 9.59. The number of H-pyrrole nitrogens is 1. The molecule has 0 fully saturated rings. The van der Waals surface area contributed by atoms with E-state index < -0.39 is 0 Å². The molecule has 5 nitrogen and oxygen atoms in total. The molecular formula is C13H11N3O2. The second-order valence-corrected chi connectivity index (χ2v) is 4.13. The third kappa shape index (κ3) is 1.69. The van der Waals surface area contributed by atoms with Gasteiger partial charge >= 0.3 is 0 Å². The van der Waals surface area contributed by atoms with Gasteiger partial charge in [-0.25, -0.2) is 4.98 Å². The van der Waals surface area contributed by atoms with Crippen LogP contribution in [0.5, 0.6) is 0 Å². The molecule has 1 aliphatic heterocycles. The van der Waals surface area contributed by atoms with Crippen LogP contribution >= 0.6 is 0 Å². The van der Waals surface area contributed by atoms with E-state index in [9.17, 15) is 9.59 Å². The molecule has 0 saturated carbocycles. The predicted octanol–water partition coefficient (Wildman–Crippen LogP) is 0.973. The van der Waals surface area contributed by atoms with Crippen LogP contribution in [-0.4, -0.2) is 22.4 Å². The lowest BCUT2D eigenvalue weighted by Gasteiger charge is -2.16. The van der Waals surface area contributed by atoms with Gasteiger partial charge in [0.05, 0.1) is 6.33 Å². The fraction of sp³-hybridized carbons (Fsp3) is 0.154. The summed E-state index contributed by atoms with van der Waals surface area (Å²) in [4.78, 5) is 31.4. The molecular weight excluding hydrogens is 230 g/mol. The van der Waals surface area contributed by atoms with Gasteiger partial charge in [0.2, 0.25) is 0 Å². The average Bonchev–Trinajstić information content (AvgIpc) is 2.82. The van der Waals surface area contributed by atoms with E-state index in [0.29, 0.717) is 6.54 Å². The van der Waals surface area contributed by atoms with Gasteiger partial charge in [0, 0.05) is 18.3 Å². The second kappa shape index (κ2) is 4.10. The number of hydrogen-bond acceptors (Lipinski definition) is 3. The molecule has 0 unspecified atom stereocenters. The molecule has 2 heterocycles. The molecule has 18 heavy (non-hydrogen) atoms. The highest BCUT2D eigenvalue weighted by Crippen LogP contribution is 2.28. The fourth-order valence-corrected chi connectivity index (χ4v) is 2.17. The number of benzene rings is 1. The number of fused-ring (bicyclic) bond motifs is 1. The van der Waals surface area contributed by atoms with Gasteiger partial charge in [-0.2, -0.15) is 0 Å². The largest absolute Gasteiger partial charge is 0.313 e. The summed E-state index contributed by atoms with van der Waals surface area (Å²) >= 11 is 0. The third-order valence-electron chi connectivity index (χ3n) is 3.03. The summed E-state index contributed by atoms with van der Waals surface area (Å²) in [5, 5.41) is 0. The summed E-state index contributed by atoms with van der Waals surface area (Å²) in [7, 11) is 0. The number of aromatic nitrogens is 2. The quantitative estimate of drug-likeness (QED) is 0.809. The van der Waals surface area contributed by atoms with Crippen molar-refractivity contribution in [1.29, 1.82) is 0 Å². The van der Waals surface area contributed by atoms with Crippen molar-refractivity contribution in [2.24, 2.45) is 0 Å². The summed E-state index contributed by atoms with van der Waals surface area (Å²) in [6, 6.07) is 9.00. The van der Waals surface area contributed by atoms with Gasteiger partial charge in [-0.05, 0) is 18.1 Å². The van der Waals surface area contributed by atoms with Crippen molar-refractivity contribution >= 4 is 11.6 Å². The lowest BCUT2D eigenvalue weighted by molar-refractivity contribution is 0.0984. The van der Waals surface area contributed by atoms with Gasteiger partial charge in [-0.3, -0.25) is 9.59 Å². The molecule has 5 heteroatoms. The zero-order valence-corrected chi connectivity index (χ0v) is 9.59. The summed E-state index contributed by atoms with van der Waals surface area (Å²) in [6.07, 6.45) is 2.09. The molecule has 0 bridgehead atoms. The van der Waals surface area contributed by atoms with Crippen molar-refractivity contribution in [2.45, 2.75) is 6.42 Å². The molecule has 0 aliphatic carbocycles. The Morgan fingerprint density at radius 2 is 2.17 bits per heavy atom. The van der Waals surface area contributed by atoms with Gasteiger partial charge in [0.1, 0.15) is 5.69 Å². The molecule has 1 aromatic heterocycles. The van der Waals surface area contributed by atoms with Crippen molar-refractivity contribution in [3.05, 3.63) is 58.3 Å². The number of rotatable bonds is 1. The predicted molar refractivity (Wildman–Crippen MR) is 66.7 cm³/mol. The number of nitrogens with zero attached hydrogens (tertiary/aromatic N) is 2. The number of amides is 1. The summed E-state index contributed by atoms with van der Waals surface area (Å²) < 4.78 is 0. The molecule has 1 aliphatic rings. The Hall–Kier alpha value is -2.43. The number of anilines is 1. The van der Waals surface area contributed by atoms with Crippen LogP contribution in [0.3, 0.4) is 0 Å². The second-order valence-electron chi connectivity index (χ2n) is 4.13. The Kier molecular flexibility index (Phi) is 2.44. The van der Waals surface area contributed by atoms with Gasteiger partial charge in [0.15, 0.2) is 0 Å². The minimum absolute atomic E-state index is 0.176. The van der Waals surface area contributed by atoms with Gasteiger partial charge in [0.25, 0.3) is 11.5 Å². The van der Waals surface area contributed by atoms with Gasteiger partial charge in [-0.15, -0.1) is 0 Å². The summed E-state index contributed by atoms with van der Waals surface area (Å²) in [6.45, 7) is 0.632. The van der Waals surface area contributed by atoms with E-state index in [1.165, 1.54) is 12.4 Å². The van der Waals surface area contributed by atoms with E-state index in [2.05, 4.69) is 9.97 Å². The maximum atomic E-state index is 12.3. The Morgan fingerprint density at radius 1 is 1.33 bits per heavy atom. The Bertz CT molecular complexity index is 663. The molecule has 1 aromatic carbocycles. The molecule has 0 saturated heterocycles. The maximum absolute atomic E-state index is 12.3. The molecule has 0 atom stereocenters. The lowest BCUT2D eigenvalue weighted by atomic mass is 10.2. The first-order chi connectivity index (χ1) is 8.75. The smallest absolute Gasteiger partial charge is 0.277 e. The molecule has 0 spiro atoms. The van der Waals surface area contributed by atoms with E-state index in [4.69, 9.17) is 0 Å². The topological polar surface area (TPSA) is 66.1 Å². The van der Waals surface area contributed by atoms with Crippen LogP contribution in [-0.2, 0) is 6.42 Å². The first-order valence-corrected chi connectivity index (χ1v) is 5.70. The highest BCUT2D eigenvalue weighted by Gasteiger charge is 2.25. The summed E-state index contributed by atoms with van der Waals surface area (Å²) in [5.41, 5.74) is 1.91. The van der Waals surface area contributed by atoms with Gasteiger partial charge in [-0.1, -0.05) is 18.2 Å². The number of para-hydroxylation sites is 1. The van der Waals surface area contributed by atoms with Crippen LogP contribution < -0.4 is 10.5 Å². The maximum Gasteiger partial charge on any atom is 0.277 e. The number of carbonyl (C=O) groups is 1. The Balaban J connectivity index is 1.98. The average molecular weight is 241 g/mol. The SMILES string of the molecule is O=C(c1cc(=O)[nH]cn1)N1CCc2ccccc21. The Morgan fingerprint density at radius 3 is 3.00 bits per heavy atom. The third-order valence-corrected chi connectivity index (χ3v) is 3.03. The molecule has 2 aromatic rings. The highest BCUT2D eigenvalue weighted by molar-refractivity contribution is 6.05. The summed E-state index contributed by atoms with van der Waals surface area (Å²) in [5.74, 6) is -0.231. The van der Waals surface area contributed by atoms with Crippen LogP contribution in [0.2, 0.25) is 0 Å². The normalized spacial score (nSPS) is 13.4. The highest BCUT2D eigenvalue weighted by atomic mass is 16.2. The Labute approximate surface area is 103 Å². The van der Waals surface area contributed by atoms with Crippen molar-refractivity contribution < 1.29 is 4.79 Å². The standard InChI is InChI=1S/C13H11N3O2/c17-12-7-10(14-8-15-12)13(18)16-6-5-9-3-1-2-4-11(9)16/h1-4,7-8H,5-6H2,(H,14,15,17). The van der Waals surface area contributed by atoms with Crippen molar-refractivity contribution in [3.8, 4) is 0 Å². The number of hydrogen-bond donors (Lipinski definition) is 1. The first kappa shape index (κ1) is 10.7. The van der Waals surface area contributed by atoms with E-state index in [1.54, 1.807) is 4.90 Å². The fourth-order valence-electron chi connectivity index (χ4n) is 2.17. The molecule has 3 rings (SSSR count). The van der Waals surface area contributed by atoms with Crippen LogP contribution in [0.25, 0.3) is 0 Å². The van der Waals surface area contributed by atoms with Crippen molar-refractivity contribution in [2.75, 3.05) is 11.4 Å². The van der Waals surface area contributed by atoms with Gasteiger partial charge < -0.3 is 9.88 Å². The molecule has 90 valence electrons. The minimum atomic E-state index is -0.319. The van der Waals surface area contributed by atoms with Crippen LogP contribution in [0, 0.1) is 0 Å². The van der Waals surface area contributed by atoms with E-state index in [1.807, 2.05) is 24.3 Å². The first-order valence-electron chi connectivity index (χ1n) is 5.70. The van der Waals surface area contributed by atoms with Crippen LogP contribution in [0.1, 0.15) is 16.1 Å².